The van der Waals surface area contributed by atoms with Gasteiger partial charge in [0.1, 0.15) is 0 Å². The van der Waals surface area contributed by atoms with E-state index in [2.05, 4.69) is 46.4 Å². The van der Waals surface area contributed by atoms with Crippen LogP contribution in [-0.2, 0) is 9.53 Å². The predicted octanol–water partition coefficient (Wildman–Crippen LogP) is 5.64. The fraction of sp³-hybridized carbons (Fsp3) is 0.452. The van der Waals surface area contributed by atoms with Crippen LogP contribution in [0.25, 0.3) is 22.8 Å². The average Bonchev–Trinajstić information content (AvgIpc) is 3.63. The minimum atomic E-state index is -0.140. The van der Waals surface area contributed by atoms with Crippen molar-refractivity contribution in [3.05, 3.63) is 58.7 Å². The van der Waals surface area contributed by atoms with E-state index in [0.717, 1.165) is 97.0 Å². The summed E-state index contributed by atoms with van der Waals surface area (Å²) in [7, 11) is 0. The maximum atomic E-state index is 13.1. The highest BCUT2D eigenvalue weighted by Gasteiger charge is 2.26. The molecule has 5 rings (SSSR count). The van der Waals surface area contributed by atoms with Crippen LogP contribution in [0.15, 0.2) is 30.6 Å². The molecule has 1 aromatic carbocycles. The first-order valence-corrected chi connectivity index (χ1v) is 14.1. The molecule has 0 radical (unpaired) electrons. The van der Waals surface area contributed by atoms with Crippen LogP contribution in [-0.4, -0.2) is 64.2 Å². The van der Waals surface area contributed by atoms with Crippen LogP contribution in [0.5, 0.6) is 0 Å². The molecule has 8 nitrogen and oxygen atoms in total. The number of amides is 1. The van der Waals surface area contributed by atoms with Gasteiger partial charge in [0.15, 0.2) is 5.78 Å². The molecule has 3 aromatic rings. The third kappa shape index (κ3) is 5.63. The van der Waals surface area contributed by atoms with Gasteiger partial charge in [0, 0.05) is 59.6 Å². The lowest BCUT2D eigenvalue weighted by molar-refractivity contribution is -0.110. The highest BCUT2D eigenvalue weighted by molar-refractivity contribution is 6.35. The van der Waals surface area contributed by atoms with Crippen molar-refractivity contribution < 1.29 is 14.3 Å². The molecule has 1 fully saturated rings. The Hall–Kier alpha value is -3.49. The first-order valence-electron chi connectivity index (χ1n) is 14.1. The van der Waals surface area contributed by atoms with E-state index in [9.17, 15) is 9.59 Å². The van der Waals surface area contributed by atoms with Crippen molar-refractivity contribution in [3.8, 4) is 11.1 Å². The predicted molar refractivity (Wildman–Crippen MR) is 155 cm³/mol. The fourth-order valence-corrected chi connectivity index (χ4v) is 5.76. The number of fused-ring (bicyclic) bond motifs is 1. The first-order chi connectivity index (χ1) is 18.9. The monoisotopic (exact) mass is 529 g/mol. The normalized spacial score (nSPS) is 16.7. The maximum Gasteiger partial charge on any atom is 0.256 e. The van der Waals surface area contributed by atoms with E-state index in [4.69, 9.17) is 4.74 Å². The van der Waals surface area contributed by atoms with Gasteiger partial charge < -0.3 is 19.9 Å². The number of ketones is 1. The molecular formula is C31H39N5O3. The van der Waals surface area contributed by atoms with E-state index in [1.54, 1.807) is 0 Å². The zero-order valence-corrected chi connectivity index (χ0v) is 23.5. The Labute approximate surface area is 230 Å². The Morgan fingerprint density at radius 2 is 1.95 bits per heavy atom. The van der Waals surface area contributed by atoms with Crippen molar-refractivity contribution in [3.63, 3.8) is 0 Å². The number of nitrogens with zero attached hydrogens (tertiary/aromatic N) is 3. The Balaban J connectivity index is 1.38. The third-order valence-corrected chi connectivity index (χ3v) is 8.12. The molecule has 2 aromatic heterocycles. The van der Waals surface area contributed by atoms with Crippen LogP contribution >= 0.6 is 0 Å². The SMILES string of the molecule is CCN(CC)CCCC(=O)c1c(C)[nH]c(/C=C2\C(=O)Nc3ccc(-c4cnn(C5CCOCC5)c4)cc32)c1C. The molecule has 1 saturated heterocycles. The fourth-order valence-electron chi connectivity index (χ4n) is 5.76. The number of nitrogens with one attached hydrogen (secondary N) is 2. The summed E-state index contributed by atoms with van der Waals surface area (Å²) >= 11 is 0. The molecule has 0 saturated carbocycles. The van der Waals surface area contributed by atoms with Gasteiger partial charge in [-0.05, 0) is 82.1 Å². The van der Waals surface area contributed by atoms with Crippen molar-refractivity contribution in [2.45, 2.75) is 59.4 Å². The lowest BCUT2D eigenvalue weighted by Crippen LogP contribution is -2.24. The third-order valence-electron chi connectivity index (χ3n) is 8.12. The van der Waals surface area contributed by atoms with Gasteiger partial charge in [0.05, 0.1) is 17.8 Å². The van der Waals surface area contributed by atoms with Gasteiger partial charge in [-0.15, -0.1) is 0 Å². The molecule has 1 amide bonds. The summed E-state index contributed by atoms with van der Waals surface area (Å²) in [6.45, 7) is 12.6. The van der Waals surface area contributed by atoms with E-state index in [-0.39, 0.29) is 11.7 Å². The molecule has 8 heteroatoms. The quantitative estimate of drug-likeness (QED) is 0.262. The number of hydrogen-bond acceptors (Lipinski definition) is 5. The number of aromatic nitrogens is 3. The smallest absolute Gasteiger partial charge is 0.256 e. The second-order valence-corrected chi connectivity index (χ2v) is 10.5. The number of carbonyl (C=O) groups excluding carboxylic acids is 2. The summed E-state index contributed by atoms with van der Waals surface area (Å²) in [5.41, 5.74) is 7.56. The summed E-state index contributed by atoms with van der Waals surface area (Å²) in [4.78, 5) is 31.8. The molecule has 39 heavy (non-hydrogen) atoms. The van der Waals surface area contributed by atoms with Gasteiger partial charge in [-0.1, -0.05) is 19.9 Å². The van der Waals surface area contributed by atoms with E-state index in [1.807, 2.05) is 42.9 Å². The van der Waals surface area contributed by atoms with Crippen LogP contribution in [0.2, 0.25) is 0 Å². The van der Waals surface area contributed by atoms with Crippen LogP contribution < -0.4 is 5.32 Å². The number of H-pyrrole nitrogens is 1. The van der Waals surface area contributed by atoms with E-state index in [1.165, 1.54) is 0 Å². The Morgan fingerprint density at radius 3 is 2.69 bits per heavy atom. The zero-order valence-electron chi connectivity index (χ0n) is 23.5. The topological polar surface area (TPSA) is 92.3 Å². The Kier molecular flexibility index (Phi) is 8.14. The molecule has 0 bridgehead atoms. The summed E-state index contributed by atoms with van der Waals surface area (Å²) < 4.78 is 7.53. The number of aryl methyl sites for hydroxylation is 1. The minimum absolute atomic E-state index is 0.140. The highest BCUT2D eigenvalue weighted by atomic mass is 16.5. The largest absolute Gasteiger partial charge is 0.381 e. The molecule has 4 heterocycles. The van der Waals surface area contributed by atoms with Crippen molar-refractivity contribution in [2.75, 3.05) is 38.2 Å². The summed E-state index contributed by atoms with van der Waals surface area (Å²) in [5.74, 6) is 0.0111. The maximum absolute atomic E-state index is 13.1. The molecule has 206 valence electrons. The molecule has 2 N–H and O–H groups in total. The lowest BCUT2D eigenvalue weighted by Gasteiger charge is -2.22. The number of aromatic amines is 1. The number of hydrogen-bond donors (Lipinski definition) is 2. The molecule has 2 aliphatic heterocycles. The Morgan fingerprint density at radius 1 is 1.18 bits per heavy atom. The van der Waals surface area contributed by atoms with Gasteiger partial charge in [0.25, 0.3) is 5.91 Å². The first kappa shape index (κ1) is 27.1. The van der Waals surface area contributed by atoms with E-state index < -0.39 is 0 Å². The number of Topliss-reactive ketones (excluding diaryl/α,β-unsaturated/α-hetero) is 1. The van der Waals surface area contributed by atoms with Crippen LogP contribution in [0, 0.1) is 13.8 Å². The average molecular weight is 530 g/mol. The standard InChI is InChI=1S/C31H39N5O3/c1-5-35(6-2)13-7-8-29(37)30-20(3)28(33-21(30)4)17-26-25-16-22(9-10-27(25)34-31(26)38)23-18-32-36(19-23)24-11-14-39-15-12-24/h9-10,16-19,24,33H,5-8,11-15H2,1-4H3,(H,34,38)/b26-17-. The molecule has 0 spiro atoms. The molecule has 0 unspecified atom stereocenters. The number of anilines is 1. The van der Waals surface area contributed by atoms with Crippen molar-refractivity contribution in [1.29, 1.82) is 0 Å². The van der Waals surface area contributed by atoms with E-state index >= 15 is 0 Å². The highest BCUT2D eigenvalue weighted by Crippen LogP contribution is 2.37. The Bertz CT molecular complexity index is 1390. The summed E-state index contributed by atoms with van der Waals surface area (Å²) in [6.07, 6.45) is 9.14. The lowest BCUT2D eigenvalue weighted by atomic mass is 9.98. The van der Waals surface area contributed by atoms with Gasteiger partial charge >= 0.3 is 0 Å². The van der Waals surface area contributed by atoms with Crippen molar-refractivity contribution in [1.82, 2.24) is 19.7 Å². The van der Waals surface area contributed by atoms with Gasteiger partial charge in [-0.25, -0.2) is 0 Å². The van der Waals surface area contributed by atoms with Crippen molar-refractivity contribution >= 4 is 29.0 Å². The molecular weight excluding hydrogens is 490 g/mol. The van der Waals surface area contributed by atoms with Gasteiger partial charge in [-0.3, -0.25) is 14.3 Å². The van der Waals surface area contributed by atoms with Crippen LogP contribution in [0.3, 0.4) is 0 Å². The number of ether oxygens (including phenoxy) is 1. The minimum Gasteiger partial charge on any atom is -0.381 e. The molecule has 0 aliphatic carbocycles. The second-order valence-electron chi connectivity index (χ2n) is 10.5. The van der Waals surface area contributed by atoms with Crippen LogP contribution in [0.4, 0.5) is 5.69 Å². The van der Waals surface area contributed by atoms with Gasteiger partial charge in [0.2, 0.25) is 0 Å². The molecule has 0 atom stereocenters. The van der Waals surface area contributed by atoms with Crippen LogP contribution in [0.1, 0.15) is 78.4 Å². The van der Waals surface area contributed by atoms with E-state index in [0.29, 0.717) is 18.0 Å². The molecule has 2 aliphatic rings. The summed E-state index contributed by atoms with van der Waals surface area (Å²) in [5, 5.41) is 7.61. The number of carbonyl (C=O) groups is 2. The summed E-state index contributed by atoms with van der Waals surface area (Å²) in [6, 6.07) is 6.38. The van der Waals surface area contributed by atoms with Crippen molar-refractivity contribution in [2.24, 2.45) is 0 Å². The number of benzene rings is 1. The number of rotatable bonds is 10. The zero-order chi connectivity index (χ0) is 27.5. The second kappa shape index (κ2) is 11.7. The van der Waals surface area contributed by atoms with Gasteiger partial charge in [-0.2, -0.15) is 5.10 Å².